The van der Waals surface area contributed by atoms with Gasteiger partial charge in [-0.1, -0.05) is 0 Å². The Bertz CT molecular complexity index is 350. The minimum atomic E-state index is -0.306. The first-order valence-corrected chi connectivity index (χ1v) is 4.64. The highest BCUT2D eigenvalue weighted by molar-refractivity contribution is 5.86. The first-order valence-electron chi connectivity index (χ1n) is 4.64. The molecule has 1 N–H and O–H groups in total. The summed E-state index contributed by atoms with van der Waals surface area (Å²) in [5.74, 6) is -0.306. The topological polar surface area (TPSA) is 42.1 Å². The van der Waals surface area contributed by atoms with Crippen molar-refractivity contribution in [3.8, 4) is 0 Å². The normalized spacial score (nSPS) is 10.8. The number of carbonyl (C=O) groups excluding carboxylic acids is 1. The van der Waals surface area contributed by atoms with E-state index >= 15 is 0 Å². The van der Waals surface area contributed by atoms with Gasteiger partial charge in [0, 0.05) is 17.5 Å². The monoisotopic (exact) mass is 193 g/mol. The molecule has 0 fully saturated rings. The Kier molecular flexibility index (Phi) is 3.51. The smallest absolute Gasteiger partial charge is 0.330 e. The highest BCUT2D eigenvalue weighted by Gasteiger charge is 1.99. The number of H-pyrrole nitrogens is 1. The fraction of sp³-hybridized carbons (Fsp3) is 0.364. The van der Waals surface area contributed by atoms with Crippen molar-refractivity contribution in [2.24, 2.45) is 0 Å². The van der Waals surface area contributed by atoms with Crippen molar-refractivity contribution in [1.82, 2.24) is 4.98 Å². The van der Waals surface area contributed by atoms with E-state index in [0.29, 0.717) is 6.61 Å². The van der Waals surface area contributed by atoms with Gasteiger partial charge in [-0.3, -0.25) is 0 Å². The number of rotatable bonds is 3. The Hall–Kier alpha value is -1.51. The summed E-state index contributed by atoms with van der Waals surface area (Å²) in [6.45, 7) is 6.17. The molecule has 0 aromatic carbocycles. The minimum Gasteiger partial charge on any atom is -0.463 e. The molecule has 0 spiro atoms. The molecule has 0 atom stereocenters. The second-order valence-electron chi connectivity index (χ2n) is 3.13. The third kappa shape index (κ3) is 2.76. The molecule has 0 aliphatic rings. The van der Waals surface area contributed by atoms with E-state index in [2.05, 4.69) is 4.98 Å². The van der Waals surface area contributed by atoms with E-state index in [1.807, 2.05) is 19.9 Å². The van der Waals surface area contributed by atoms with Gasteiger partial charge in [0.1, 0.15) is 0 Å². The second-order valence-corrected chi connectivity index (χ2v) is 3.13. The van der Waals surface area contributed by atoms with Gasteiger partial charge in [0.2, 0.25) is 0 Å². The maximum absolute atomic E-state index is 11.0. The molecule has 76 valence electrons. The van der Waals surface area contributed by atoms with Gasteiger partial charge in [-0.15, -0.1) is 0 Å². The molecule has 0 aliphatic heterocycles. The number of ether oxygens (including phenoxy) is 1. The second kappa shape index (κ2) is 4.65. The minimum absolute atomic E-state index is 0.306. The van der Waals surface area contributed by atoms with E-state index in [0.717, 1.165) is 17.0 Å². The van der Waals surface area contributed by atoms with Crippen molar-refractivity contribution < 1.29 is 9.53 Å². The van der Waals surface area contributed by atoms with Crippen molar-refractivity contribution >= 4 is 12.0 Å². The molecule has 1 aromatic heterocycles. The number of hydrogen-bond donors (Lipinski definition) is 1. The van der Waals surface area contributed by atoms with Crippen LogP contribution in [0, 0.1) is 13.8 Å². The largest absolute Gasteiger partial charge is 0.463 e. The van der Waals surface area contributed by atoms with Crippen molar-refractivity contribution in [2.45, 2.75) is 20.8 Å². The molecule has 0 saturated carbocycles. The van der Waals surface area contributed by atoms with Gasteiger partial charge in [-0.05, 0) is 38.5 Å². The number of esters is 1. The molecule has 14 heavy (non-hydrogen) atoms. The standard InChI is InChI=1S/C11H15NO2/c1-4-14-11(13)6-5-10-8(2)7-9(3)12-10/h5-7,12H,4H2,1-3H3. The first-order chi connectivity index (χ1) is 6.63. The molecule has 0 bridgehead atoms. The zero-order valence-electron chi connectivity index (χ0n) is 8.76. The van der Waals surface area contributed by atoms with Gasteiger partial charge in [-0.2, -0.15) is 0 Å². The number of aromatic nitrogens is 1. The molecule has 0 amide bonds. The molecular formula is C11H15NO2. The molecule has 1 aromatic rings. The molecule has 0 unspecified atom stereocenters. The fourth-order valence-corrected chi connectivity index (χ4v) is 1.26. The number of hydrogen-bond acceptors (Lipinski definition) is 2. The molecule has 3 nitrogen and oxygen atoms in total. The van der Waals surface area contributed by atoms with Gasteiger partial charge < -0.3 is 9.72 Å². The summed E-state index contributed by atoms with van der Waals surface area (Å²) in [6.07, 6.45) is 3.17. The van der Waals surface area contributed by atoms with Gasteiger partial charge >= 0.3 is 5.97 Å². The average molecular weight is 193 g/mol. The van der Waals surface area contributed by atoms with Crippen molar-refractivity contribution in [3.63, 3.8) is 0 Å². The molecular weight excluding hydrogens is 178 g/mol. The predicted molar refractivity (Wildman–Crippen MR) is 55.9 cm³/mol. The summed E-state index contributed by atoms with van der Waals surface area (Å²) in [5.41, 5.74) is 3.17. The lowest BCUT2D eigenvalue weighted by Gasteiger charge is -1.94. The van der Waals surface area contributed by atoms with Crippen LogP contribution in [0.5, 0.6) is 0 Å². The van der Waals surface area contributed by atoms with Crippen LogP contribution < -0.4 is 0 Å². The summed E-state index contributed by atoms with van der Waals surface area (Å²) in [7, 11) is 0. The quantitative estimate of drug-likeness (QED) is 0.590. The molecule has 3 heteroatoms. The summed E-state index contributed by atoms with van der Waals surface area (Å²) in [6, 6.07) is 2.03. The molecule has 0 aliphatic carbocycles. The van der Waals surface area contributed by atoms with Crippen LogP contribution in [-0.4, -0.2) is 17.6 Å². The molecule has 1 rings (SSSR count). The van der Waals surface area contributed by atoms with E-state index in [4.69, 9.17) is 4.74 Å². The predicted octanol–water partition coefficient (Wildman–Crippen LogP) is 2.21. The maximum Gasteiger partial charge on any atom is 0.330 e. The van der Waals surface area contributed by atoms with Crippen LogP contribution in [0.2, 0.25) is 0 Å². The van der Waals surface area contributed by atoms with Gasteiger partial charge in [0.05, 0.1) is 6.61 Å². The maximum atomic E-state index is 11.0. The summed E-state index contributed by atoms with van der Waals surface area (Å²) in [4.78, 5) is 14.2. The van der Waals surface area contributed by atoms with Crippen molar-refractivity contribution in [2.75, 3.05) is 6.61 Å². The van der Waals surface area contributed by atoms with Crippen LogP contribution in [0.1, 0.15) is 23.9 Å². The first kappa shape index (κ1) is 10.6. The van der Waals surface area contributed by atoms with Gasteiger partial charge in [0.15, 0.2) is 0 Å². The lowest BCUT2D eigenvalue weighted by Crippen LogP contribution is -1.98. The SMILES string of the molecule is CCOC(=O)C=Cc1[nH]c(C)cc1C. The van der Waals surface area contributed by atoms with Gasteiger partial charge in [0.25, 0.3) is 0 Å². The van der Waals surface area contributed by atoms with Crippen LogP contribution in [0.15, 0.2) is 12.1 Å². The molecule has 0 radical (unpaired) electrons. The number of aromatic amines is 1. The summed E-state index contributed by atoms with van der Waals surface area (Å²) in [5, 5.41) is 0. The summed E-state index contributed by atoms with van der Waals surface area (Å²) >= 11 is 0. The Balaban J connectivity index is 2.68. The van der Waals surface area contributed by atoms with Crippen molar-refractivity contribution in [3.05, 3.63) is 29.1 Å². The summed E-state index contributed by atoms with van der Waals surface area (Å²) < 4.78 is 4.77. The average Bonchev–Trinajstić information content (AvgIpc) is 2.42. The fourth-order valence-electron chi connectivity index (χ4n) is 1.26. The Morgan fingerprint density at radius 2 is 2.29 bits per heavy atom. The molecule has 1 heterocycles. The third-order valence-corrected chi connectivity index (χ3v) is 1.86. The van der Waals surface area contributed by atoms with Gasteiger partial charge in [-0.25, -0.2) is 4.79 Å². The van der Waals surface area contributed by atoms with Crippen molar-refractivity contribution in [1.29, 1.82) is 0 Å². The Morgan fingerprint density at radius 3 is 2.79 bits per heavy atom. The highest BCUT2D eigenvalue weighted by atomic mass is 16.5. The number of carbonyl (C=O) groups is 1. The van der Waals surface area contributed by atoms with Crippen LogP contribution in [0.25, 0.3) is 6.08 Å². The Labute approximate surface area is 83.8 Å². The van der Waals surface area contributed by atoms with E-state index in [1.54, 1.807) is 13.0 Å². The van der Waals surface area contributed by atoms with E-state index in [1.165, 1.54) is 6.08 Å². The Morgan fingerprint density at radius 1 is 1.57 bits per heavy atom. The lowest BCUT2D eigenvalue weighted by molar-refractivity contribution is -0.137. The zero-order chi connectivity index (χ0) is 10.6. The zero-order valence-corrected chi connectivity index (χ0v) is 8.76. The molecule has 0 saturated heterocycles. The van der Waals surface area contributed by atoms with Crippen LogP contribution in [0.4, 0.5) is 0 Å². The van der Waals surface area contributed by atoms with Crippen LogP contribution in [0.3, 0.4) is 0 Å². The van der Waals surface area contributed by atoms with Crippen LogP contribution >= 0.6 is 0 Å². The lowest BCUT2D eigenvalue weighted by atomic mass is 10.2. The third-order valence-electron chi connectivity index (χ3n) is 1.86. The van der Waals surface area contributed by atoms with Crippen LogP contribution in [-0.2, 0) is 9.53 Å². The van der Waals surface area contributed by atoms with E-state index in [-0.39, 0.29) is 5.97 Å². The van der Waals surface area contributed by atoms with E-state index < -0.39 is 0 Å². The highest BCUT2D eigenvalue weighted by Crippen LogP contribution is 2.10. The number of nitrogens with one attached hydrogen (secondary N) is 1. The number of aryl methyl sites for hydroxylation is 2. The van der Waals surface area contributed by atoms with E-state index in [9.17, 15) is 4.79 Å².